The Kier molecular flexibility index (Phi) is 6.94. The van der Waals surface area contributed by atoms with Crippen molar-refractivity contribution in [3.8, 4) is 11.5 Å². The first-order chi connectivity index (χ1) is 13.3. The van der Waals surface area contributed by atoms with Crippen LogP contribution in [-0.4, -0.2) is 33.3 Å². The third-order valence-electron chi connectivity index (χ3n) is 3.72. The van der Waals surface area contributed by atoms with E-state index in [-0.39, 0.29) is 10.6 Å². The minimum Gasteiger partial charge on any atom is -0.493 e. The zero-order valence-corrected chi connectivity index (χ0v) is 16.5. The second-order valence-electron chi connectivity index (χ2n) is 5.82. The smallest absolute Gasteiger partial charge is 0.276 e. The number of sulfonamides is 1. The van der Waals surface area contributed by atoms with Crippen molar-refractivity contribution in [2.24, 2.45) is 5.10 Å². The van der Waals surface area contributed by atoms with Crippen LogP contribution in [0, 0.1) is 17.0 Å². The summed E-state index contributed by atoms with van der Waals surface area (Å²) in [6.45, 7) is 4.07. The van der Waals surface area contributed by atoms with Gasteiger partial charge in [0.2, 0.25) is 0 Å². The van der Waals surface area contributed by atoms with Gasteiger partial charge < -0.3 is 9.47 Å². The molecule has 0 amide bonds. The zero-order valence-electron chi connectivity index (χ0n) is 15.7. The van der Waals surface area contributed by atoms with E-state index >= 15 is 0 Å². The van der Waals surface area contributed by atoms with Crippen molar-refractivity contribution in [2.75, 3.05) is 13.7 Å². The predicted molar refractivity (Wildman–Crippen MR) is 105 cm³/mol. The van der Waals surface area contributed by atoms with E-state index in [1.54, 1.807) is 18.2 Å². The first kappa shape index (κ1) is 21.2. The number of nitro groups is 1. The van der Waals surface area contributed by atoms with Crippen molar-refractivity contribution in [2.45, 2.75) is 25.2 Å². The van der Waals surface area contributed by atoms with Crippen LogP contribution in [0.25, 0.3) is 0 Å². The molecule has 150 valence electrons. The zero-order chi connectivity index (χ0) is 20.7. The van der Waals surface area contributed by atoms with Crippen LogP contribution in [0.3, 0.4) is 0 Å². The number of aryl methyl sites for hydroxylation is 1. The van der Waals surface area contributed by atoms with E-state index in [2.05, 4.69) is 5.10 Å². The molecule has 0 aliphatic carbocycles. The number of hydrogen-bond donors (Lipinski definition) is 1. The lowest BCUT2D eigenvalue weighted by Crippen LogP contribution is -2.18. The molecule has 10 heteroatoms. The summed E-state index contributed by atoms with van der Waals surface area (Å²) in [5, 5.41) is 14.7. The summed E-state index contributed by atoms with van der Waals surface area (Å²) in [6.07, 6.45) is 2.15. The Bertz CT molecular complexity index is 989. The van der Waals surface area contributed by atoms with E-state index in [1.165, 1.54) is 32.4 Å². The number of benzene rings is 2. The fourth-order valence-corrected chi connectivity index (χ4v) is 3.08. The van der Waals surface area contributed by atoms with E-state index < -0.39 is 14.9 Å². The van der Waals surface area contributed by atoms with Crippen LogP contribution in [-0.2, 0) is 10.0 Å². The molecule has 2 rings (SSSR count). The third-order valence-corrected chi connectivity index (χ3v) is 4.94. The highest BCUT2D eigenvalue weighted by molar-refractivity contribution is 7.89. The Morgan fingerprint density at radius 3 is 2.61 bits per heavy atom. The van der Waals surface area contributed by atoms with Crippen LogP contribution in [0.15, 0.2) is 46.4 Å². The first-order valence-corrected chi connectivity index (χ1v) is 9.87. The fraction of sp³-hybridized carbons (Fsp3) is 0.278. The molecular weight excluding hydrogens is 386 g/mol. The molecule has 0 atom stereocenters. The number of ether oxygens (including phenoxy) is 2. The molecule has 0 fully saturated rings. The molecule has 0 spiro atoms. The number of hydrazone groups is 1. The van der Waals surface area contributed by atoms with Crippen LogP contribution in [0.2, 0.25) is 0 Å². The monoisotopic (exact) mass is 407 g/mol. The van der Waals surface area contributed by atoms with Crippen molar-refractivity contribution in [1.82, 2.24) is 4.83 Å². The van der Waals surface area contributed by atoms with Gasteiger partial charge in [-0.15, -0.1) is 0 Å². The van der Waals surface area contributed by atoms with Gasteiger partial charge in [-0.3, -0.25) is 10.1 Å². The molecule has 0 radical (unpaired) electrons. The summed E-state index contributed by atoms with van der Waals surface area (Å²) in [5.74, 6) is 1.07. The average Bonchev–Trinajstić information content (AvgIpc) is 2.66. The van der Waals surface area contributed by atoms with Crippen molar-refractivity contribution in [3.05, 3.63) is 57.6 Å². The Hall–Kier alpha value is -3.14. The molecular formula is C18H21N3O6S. The van der Waals surface area contributed by atoms with Gasteiger partial charge in [0.05, 0.1) is 29.8 Å². The molecule has 0 aliphatic heterocycles. The van der Waals surface area contributed by atoms with Crippen molar-refractivity contribution >= 4 is 21.9 Å². The van der Waals surface area contributed by atoms with Gasteiger partial charge in [-0.05, 0) is 43.2 Å². The van der Waals surface area contributed by atoms with Crippen LogP contribution < -0.4 is 14.3 Å². The van der Waals surface area contributed by atoms with Crippen molar-refractivity contribution in [1.29, 1.82) is 0 Å². The second kappa shape index (κ2) is 9.18. The standard InChI is InChI=1S/C18H21N3O6S/c1-4-9-27-17-8-6-14(10-18(17)26-3)12-19-20-28(24,25)15-7-5-13(2)16(11-15)21(22)23/h5-8,10-12,20H,4,9H2,1-3H3/b19-12-. The summed E-state index contributed by atoms with van der Waals surface area (Å²) in [6, 6.07) is 8.70. The average molecular weight is 407 g/mol. The summed E-state index contributed by atoms with van der Waals surface area (Å²) >= 11 is 0. The third kappa shape index (κ3) is 5.19. The highest BCUT2D eigenvalue weighted by atomic mass is 32.2. The predicted octanol–water partition coefficient (Wildman–Crippen LogP) is 3.01. The maximum Gasteiger partial charge on any atom is 0.276 e. The molecule has 28 heavy (non-hydrogen) atoms. The fourth-order valence-electron chi connectivity index (χ4n) is 2.27. The maximum atomic E-state index is 12.3. The Balaban J connectivity index is 2.17. The summed E-state index contributed by atoms with van der Waals surface area (Å²) in [4.78, 5) is 12.2. The van der Waals surface area contributed by atoms with Crippen LogP contribution >= 0.6 is 0 Å². The molecule has 0 aliphatic rings. The molecule has 1 N–H and O–H groups in total. The highest BCUT2D eigenvalue weighted by Crippen LogP contribution is 2.27. The van der Waals surface area contributed by atoms with E-state index in [0.717, 1.165) is 12.5 Å². The number of rotatable bonds is 9. The maximum absolute atomic E-state index is 12.3. The van der Waals surface area contributed by atoms with Gasteiger partial charge >= 0.3 is 0 Å². The summed E-state index contributed by atoms with van der Waals surface area (Å²) in [5.41, 5.74) is 0.669. The van der Waals surface area contributed by atoms with Gasteiger partial charge in [0.1, 0.15) is 0 Å². The topological polar surface area (TPSA) is 120 Å². The number of nitrogens with one attached hydrogen (secondary N) is 1. The van der Waals surface area contributed by atoms with Gasteiger partial charge in [0, 0.05) is 11.6 Å². The molecule has 9 nitrogen and oxygen atoms in total. The molecule has 2 aromatic carbocycles. The van der Waals surface area contributed by atoms with E-state index in [0.29, 0.717) is 29.2 Å². The molecule has 0 bridgehead atoms. The summed E-state index contributed by atoms with van der Waals surface area (Å²) < 4.78 is 35.4. The van der Waals surface area contributed by atoms with Gasteiger partial charge in [-0.25, -0.2) is 4.83 Å². The Morgan fingerprint density at radius 2 is 1.96 bits per heavy atom. The largest absolute Gasteiger partial charge is 0.493 e. The van der Waals surface area contributed by atoms with Gasteiger partial charge in [-0.1, -0.05) is 13.0 Å². The van der Waals surface area contributed by atoms with Crippen molar-refractivity contribution < 1.29 is 22.8 Å². The minimum absolute atomic E-state index is 0.247. The van der Waals surface area contributed by atoms with E-state index in [1.807, 2.05) is 11.8 Å². The van der Waals surface area contributed by atoms with Gasteiger partial charge in [0.15, 0.2) is 11.5 Å². The van der Waals surface area contributed by atoms with Crippen LogP contribution in [0.1, 0.15) is 24.5 Å². The molecule has 0 saturated heterocycles. The second-order valence-corrected chi connectivity index (χ2v) is 7.48. The van der Waals surface area contributed by atoms with Crippen LogP contribution in [0.5, 0.6) is 11.5 Å². The lowest BCUT2D eigenvalue weighted by Gasteiger charge is -2.10. The summed E-state index contributed by atoms with van der Waals surface area (Å²) in [7, 11) is -2.55. The Morgan fingerprint density at radius 1 is 1.21 bits per heavy atom. The van der Waals surface area contributed by atoms with Gasteiger partial charge in [-0.2, -0.15) is 13.5 Å². The van der Waals surface area contributed by atoms with Crippen LogP contribution in [0.4, 0.5) is 5.69 Å². The van der Waals surface area contributed by atoms with E-state index in [4.69, 9.17) is 9.47 Å². The molecule has 0 saturated carbocycles. The number of methoxy groups -OCH3 is 1. The minimum atomic E-state index is -4.05. The lowest BCUT2D eigenvalue weighted by atomic mass is 10.2. The van der Waals surface area contributed by atoms with Gasteiger partial charge in [0.25, 0.3) is 15.7 Å². The number of hydrogen-bond acceptors (Lipinski definition) is 7. The molecule has 0 aromatic heterocycles. The highest BCUT2D eigenvalue weighted by Gasteiger charge is 2.19. The van der Waals surface area contributed by atoms with Crippen molar-refractivity contribution in [3.63, 3.8) is 0 Å². The van der Waals surface area contributed by atoms with E-state index in [9.17, 15) is 18.5 Å². The number of nitro benzene ring substituents is 1. The quantitative estimate of drug-likeness (QED) is 0.387. The number of nitrogens with zero attached hydrogens (tertiary/aromatic N) is 2. The molecule has 0 heterocycles. The lowest BCUT2D eigenvalue weighted by molar-refractivity contribution is -0.385. The normalized spacial score (nSPS) is 11.4. The molecule has 2 aromatic rings. The SMILES string of the molecule is CCCOc1ccc(/C=N\NS(=O)(=O)c2ccc(C)c([N+](=O)[O-])c2)cc1OC. The first-order valence-electron chi connectivity index (χ1n) is 8.39. The molecule has 0 unspecified atom stereocenters. The Labute approximate surface area is 163 Å².